The maximum absolute atomic E-state index is 12.6. The highest BCUT2D eigenvalue weighted by molar-refractivity contribution is 5.91. The van der Waals surface area contributed by atoms with Crippen LogP contribution in [-0.4, -0.2) is 51.9 Å². The summed E-state index contributed by atoms with van der Waals surface area (Å²) < 4.78 is 1.80. The van der Waals surface area contributed by atoms with Gasteiger partial charge in [-0.1, -0.05) is 39.0 Å². The van der Waals surface area contributed by atoms with Crippen molar-refractivity contribution in [2.75, 3.05) is 31.6 Å². The third kappa shape index (κ3) is 4.96. The number of nitrogens with zero attached hydrogens (tertiary/aromatic N) is 3. The van der Waals surface area contributed by atoms with Gasteiger partial charge in [0.25, 0.3) is 0 Å². The van der Waals surface area contributed by atoms with E-state index in [-0.39, 0.29) is 17.9 Å². The van der Waals surface area contributed by atoms with Crippen LogP contribution in [0.25, 0.3) is 5.69 Å². The minimum Gasteiger partial charge on any atom is -0.396 e. The Kier molecular flexibility index (Phi) is 5.97. The summed E-state index contributed by atoms with van der Waals surface area (Å²) in [5.74, 6) is 1.04. The smallest absolute Gasteiger partial charge is 0.239 e. The first-order valence-electron chi connectivity index (χ1n) is 9.66. The molecule has 1 aliphatic rings. The predicted molar refractivity (Wildman–Crippen MR) is 107 cm³/mol. The van der Waals surface area contributed by atoms with Gasteiger partial charge < -0.3 is 10.4 Å². The summed E-state index contributed by atoms with van der Waals surface area (Å²) in [5, 5.41) is 17.0. The number of carbonyl (C=O) groups is 1. The number of aromatic nitrogens is 2. The fraction of sp³-hybridized carbons (Fsp3) is 0.524. The number of carbonyl (C=O) groups excluding carboxylic acids is 1. The minimum absolute atomic E-state index is 0.0324. The minimum atomic E-state index is -0.105. The second kappa shape index (κ2) is 8.23. The Balaban J connectivity index is 1.73. The number of anilines is 1. The van der Waals surface area contributed by atoms with Gasteiger partial charge in [0.1, 0.15) is 5.82 Å². The molecule has 2 heterocycles. The van der Waals surface area contributed by atoms with Crippen LogP contribution in [0.2, 0.25) is 0 Å². The Labute approximate surface area is 161 Å². The van der Waals surface area contributed by atoms with Gasteiger partial charge in [-0.25, -0.2) is 4.68 Å². The number of benzene rings is 1. The van der Waals surface area contributed by atoms with Crippen molar-refractivity contribution >= 4 is 11.7 Å². The molecule has 1 aromatic heterocycles. The van der Waals surface area contributed by atoms with Crippen LogP contribution in [0.3, 0.4) is 0 Å². The monoisotopic (exact) mass is 370 g/mol. The van der Waals surface area contributed by atoms with E-state index in [2.05, 4.69) is 31.0 Å². The summed E-state index contributed by atoms with van der Waals surface area (Å²) >= 11 is 0. The number of rotatable bonds is 5. The van der Waals surface area contributed by atoms with Gasteiger partial charge in [0, 0.05) is 18.1 Å². The Morgan fingerprint density at radius 1 is 1.22 bits per heavy atom. The van der Waals surface area contributed by atoms with E-state index in [4.69, 9.17) is 5.10 Å². The lowest BCUT2D eigenvalue weighted by Gasteiger charge is -2.30. The highest BCUT2D eigenvalue weighted by atomic mass is 16.3. The first kappa shape index (κ1) is 19.6. The van der Waals surface area contributed by atoms with Crippen LogP contribution in [0.1, 0.15) is 39.3 Å². The zero-order valence-electron chi connectivity index (χ0n) is 16.5. The molecular formula is C21H30N4O2. The number of amides is 1. The van der Waals surface area contributed by atoms with E-state index >= 15 is 0 Å². The van der Waals surface area contributed by atoms with Crippen LogP contribution < -0.4 is 5.32 Å². The standard InChI is InChI=1S/C21H30N4O2/c1-21(2,3)18-13-19(25(23-18)17-7-5-4-6-8-17)22-20(27)14-24-11-9-16(15-26)10-12-24/h4-8,13,16,26H,9-12,14-15H2,1-3H3,(H,22,27). The summed E-state index contributed by atoms with van der Waals surface area (Å²) in [6.45, 7) is 8.65. The molecule has 146 valence electrons. The number of hydrogen-bond acceptors (Lipinski definition) is 4. The molecule has 6 nitrogen and oxygen atoms in total. The molecule has 1 saturated heterocycles. The first-order valence-corrected chi connectivity index (χ1v) is 9.66. The normalized spacial score (nSPS) is 16.4. The Hall–Kier alpha value is -2.18. The van der Waals surface area contributed by atoms with Crippen molar-refractivity contribution in [2.24, 2.45) is 5.92 Å². The van der Waals surface area contributed by atoms with Crippen molar-refractivity contribution in [1.29, 1.82) is 0 Å². The van der Waals surface area contributed by atoms with E-state index in [0.717, 1.165) is 37.3 Å². The largest absolute Gasteiger partial charge is 0.396 e. The predicted octanol–water partition coefficient (Wildman–Crippen LogP) is 2.81. The number of aliphatic hydroxyl groups is 1. The molecule has 0 radical (unpaired) electrons. The average Bonchev–Trinajstić information content (AvgIpc) is 3.07. The summed E-state index contributed by atoms with van der Waals surface area (Å²) in [6.07, 6.45) is 1.89. The average molecular weight is 370 g/mol. The molecule has 1 amide bonds. The van der Waals surface area contributed by atoms with Crippen molar-refractivity contribution in [3.8, 4) is 5.69 Å². The third-order valence-electron chi connectivity index (χ3n) is 5.08. The second-order valence-corrected chi connectivity index (χ2v) is 8.36. The number of para-hydroxylation sites is 1. The van der Waals surface area contributed by atoms with Crippen LogP contribution in [0.4, 0.5) is 5.82 Å². The van der Waals surface area contributed by atoms with Crippen molar-refractivity contribution in [3.63, 3.8) is 0 Å². The molecule has 27 heavy (non-hydrogen) atoms. The second-order valence-electron chi connectivity index (χ2n) is 8.36. The van der Waals surface area contributed by atoms with Gasteiger partial charge in [0.2, 0.25) is 5.91 Å². The van der Waals surface area contributed by atoms with E-state index in [1.54, 1.807) is 4.68 Å². The molecule has 2 aromatic rings. The highest BCUT2D eigenvalue weighted by Gasteiger charge is 2.23. The van der Waals surface area contributed by atoms with E-state index < -0.39 is 0 Å². The molecule has 0 unspecified atom stereocenters. The maximum atomic E-state index is 12.6. The molecule has 6 heteroatoms. The van der Waals surface area contributed by atoms with Crippen LogP contribution in [0, 0.1) is 5.92 Å². The van der Waals surface area contributed by atoms with Crippen LogP contribution in [0.5, 0.6) is 0 Å². The SMILES string of the molecule is CC(C)(C)c1cc(NC(=O)CN2CCC(CO)CC2)n(-c2ccccc2)n1. The topological polar surface area (TPSA) is 70.4 Å². The van der Waals surface area contributed by atoms with Crippen molar-refractivity contribution in [3.05, 3.63) is 42.1 Å². The number of aliphatic hydroxyl groups excluding tert-OH is 1. The van der Waals surface area contributed by atoms with Gasteiger partial charge in [-0.2, -0.15) is 5.10 Å². The van der Waals surface area contributed by atoms with Crippen LogP contribution in [-0.2, 0) is 10.2 Å². The van der Waals surface area contributed by atoms with E-state index in [0.29, 0.717) is 18.3 Å². The molecule has 0 bridgehead atoms. The summed E-state index contributed by atoms with van der Waals surface area (Å²) in [6, 6.07) is 11.8. The summed E-state index contributed by atoms with van der Waals surface area (Å²) in [5.41, 5.74) is 1.75. The zero-order valence-corrected chi connectivity index (χ0v) is 16.5. The van der Waals surface area contributed by atoms with Gasteiger partial charge >= 0.3 is 0 Å². The highest BCUT2D eigenvalue weighted by Crippen LogP contribution is 2.26. The lowest BCUT2D eigenvalue weighted by Crippen LogP contribution is -2.40. The number of likely N-dealkylation sites (tertiary alicyclic amines) is 1. The van der Waals surface area contributed by atoms with E-state index in [9.17, 15) is 9.90 Å². The summed E-state index contributed by atoms with van der Waals surface area (Å²) in [7, 11) is 0. The molecular weight excluding hydrogens is 340 g/mol. The molecule has 0 aliphatic carbocycles. The van der Waals surface area contributed by atoms with Gasteiger partial charge in [-0.15, -0.1) is 0 Å². The number of piperidine rings is 1. The van der Waals surface area contributed by atoms with E-state index in [1.807, 2.05) is 36.4 Å². The summed E-state index contributed by atoms with van der Waals surface area (Å²) in [4.78, 5) is 14.8. The van der Waals surface area contributed by atoms with Gasteiger partial charge in [-0.3, -0.25) is 9.69 Å². The molecule has 1 aromatic carbocycles. The third-order valence-corrected chi connectivity index (χ3v) is 5.08. The number of hydrogen-bond donors (Lipinski definition) is 2. The molecule has 0 spiro atoms. The van der Waals surface area contributed by atoms with Crippen LogP contribution >= 0.6 is 0 Å². The fourth-order valence-electron chi connectivity index (χ4n) is 3.32. The first-order chi connectivity index (χ1) is 12.9. The Morgan fingerprint density at radius 3 is 2.48 bits per heavy atom. The van der Waals surface area contributed by atoms with Gasteiger partial charge in [-0.05, 0) is 44.0 Å². The quantitative estimate of drug-likeness (QED) is 0.849. The Bertz CT molecular complexity index is 756. The molecule has 2 N–H and O–H groups in total. The molecule has 0 saturated carbocycles. The fourth-order valence-corrected chi connectivity index (χ4v) is 3.32. The van der Waals surface area contributed by atoms with Gasteiger partial charge in [0.15, 0.2) is 0 Å². The van der Waals surface area contributed by atoms with Crippen molar-refractivity contribution in [2.45, 2.75) is 39.0 Å². The van der Waals surface area contributed by atoms with E-state index in [1.165, 1.54) is 0 Å². The maximum Gasteiger partial charge on any atom is 0.239 e. The molecule has 1 aliphatic heterocycles. The van der Waals surface area contributed by atoms with Crippen molar-refractivity contribution < 1.29 is 9.90 Å². The molecule has 0 atom stereocenters. The molecule has 3 rings (SSSR count). The molecule has 1 fully saturated rings. The van der Waals surface area contributed by atoms with Gasteiger partial charge in [0.05, 0.1) is 17.9 Å². The Morgan fingerprint density at radius 2 is 1.89 bits per heavy atom. The lowest BCUT2D eigenvalue weighted by atomic mass is 9.92. The number of nitrogens with one attached hydrogen (secondary N) is 1. The zero-order chi connectivity index (χ0) is 19.4. The van der Waals surface area contributed by atoms with Crippen molar-refractivity contribution in [1.82, 2.24) is 14.7 Å². The lowest BCUT2D eigenvalue weighted by molar-refractivity contribution is -0.117. The van der Waals surface area contributed by atoms with Crippen LogP contribution in [0.15, 0.2) is 36.4 Å².